The number of nitrogens with one attached hydrogen (secondary N) is 1. The third-order valence-electron chi connectivity index (χ3n) is 4.32. The Balaban J connectivity index is 1.86. The molecular formula is C22H18N4O9. The number of hydrogen-bond acceptors (Lipinski definition) is 10. The van der Waals surface area contributed by atoms with E-state index in [-0.39, 0.29) is 35.4 Å². The van der Waals surface area contributed by atoms with E-state index in [1.165, 1.54) is 12.1 Å². The number of rotatable bonds is 10. The minimum Gasteiger partial charge on any atom is -0.479 e. The largest absolute Gasteiger partial charge is 0.479 e. The van der Waals surface area contributed by atoms with Crippen molar-refractivity contribution in [2.45, 2.75) is 6.61 Å². The highest BCUT2D eigenvalue weighted by atomic mass is 16.6. The Labute approximate surface area is 197 Å². The van der Waals surface area contributed by atoms with Crippen molar-refractivity contribution in [1.82, 2.24) is 9.97 Å². The van der Waals surface area contributed by atoms with Gasteiger partial charge in [-0.05, 0) is 23.8 Å². The van der Waals surface area contributed by atoms with Crippen molar-refractivity contribution in [2.24, 2.45) is 0 Å². The van der Waals surface area contributed by atoms with Crippen LogP contribution in [-0.2, 0) is 16.1 Å². The molecule has 0 spiro atoms. The number of ether oxygens (including phenoxy) is 3. The second-order valence-corrected chi connectivity index (χ2v) is 6.73. The van der Waals surface area contributed by atoms with Crippen LogP contribution in [0.3, 0.4) is 0 Å². The average molecular weight is 482 g/mol. The van der Waals surface area contributed by atoms with Crippen molar-refractivity contribution >= 4 is 29.2 Å². The van der Waals surface area contributed by atoms with Crippen LogP contribution >= 0.6 is 0 Å². The van der Waals surface area contributed by atoms with Crippen LogP contribution in [0.15, 0.2) is 54.6 Å². The number of carboxylic acid groups (broad SMARTS) is 1. The van der Waals surface area contributed by atoms with Gasteiger partial charge >= 0.3 is 17.6 Å². The predicted octanol–water partition coefficient (Wildman–Crippen LogP) is 2.47. The number of carbonyl (C=O) groups excluding carboxylic acids is 2. The number of esters is 1. The number of amides is 1. The summed E-state index contributed by atoms with van der Waals surface area (Å²) in [5.74, 6) is -3.67. The zero-order chi connectivity index (χ0) is 25.4. The highest BCUT2D eigenvalue weighted by molar-refractivity contribution is 6.04. The molecule has 13 heteroatoms. The van der Waals surface area contributed by atoms with Crippen LogP contribution < -0.4 is 14.8 Å². The van der Waals surface area contributed by atoms with E-state index in [4.69, 9.17) is 14.6 Å². The van der Waals surface area contributed by atoms with E-state index in [0.29, 0.717) is 0 Å². The first kappa shape index (κ1) is 24.6. The summed E-state index contributed by atoms with van der Waals surface area (Å²) in [6.07, 6.45) is 0. The van der Waals surface area contributed by atoms with Gasteiger partial charge in [-0.15, -0.1) is 0 Å². The van der Waals surface area contributed by atoms with Crippen molar-refractivity contribution < 1.29 is 38.6 Å². The van der Waals surface area contributed by atoms with Gasteiger partial charge in [-0.1, -0.05) is 30.3 Å². The van der Waals surface area contributed by atoms with Gasteiger partial charge in [-0.3, -0.25) is 14.9 Å². The van der Waals surface area contributed by atoms with Gasteiger partial charge in [0.1, 0.15) is 18.0 Å². The highest BCUT2D eigenvalue weighted by Gasteiger charge is 2.22. The lowest BCUT2D eigenvalue weighted by Crippen LogP contribution is -2.18. The Morgan fingerprint density at radius 1 is 0.971 bits per heavy atom. The van der Waals surface area contributed by atoms with Gasteiger partial charge in [-0.2, -0.15) is 0 Å². The van der Waals surface area contributed by atoms with Crippen LogP contribution in [0, 0.1) is 10.1 Å². The van der Waals surface area contributed by atoms with Crippen LogP contribution in [0.5, 0.6) is 11.8 Å². The molecule has 0 aliphatic heterocycles. The maximum Gasteiger partial charge on any atom is 0.356 e. The normalized spacial score (nSPS) is 10.2. The monoisotopic (exact) mass is 482 g/mol. The first-order valence-electron chi connectivity index (χ1n) is 9.86. The SMILES string of the molecule is COC(=O)c1ccc(NC(=O)c2ccc([N+](=O)[O-])c(OCc3ccccc3)n2)c(OCC(=O)O)n1. The number of aliphatic carboxylic acids is 1. The highest BCUT2D eigenvalue weighted by Crippen LogP contribution is 2.27. The molecule has 0 atom stereocenters. The smallest absolute Gasteiger partial charge is 0.356 e. The number of benzene rings is 1. The molecule has 1 aromatic carbocycles. The van der Waals surface area contributed by atoms with E-state index in [1.807, 2.05) is 0 Å². The van der Waals surface area contributed by atoms with Gasteiger partial charge in [0.2, 0.25) is 5.88 Å². The number of aromatic nitrogens is 2. The quantitative estimate of drug-likeness (QED) is 0.246. The van der Waals surface area contributed by atoms with Crippen LogP contribution in [0.1, 0.15) is 26.5 Å². The summed E-state index contributed by atoms with van der Waals surface area (Å²) < 4.78 is 15.1. The van der Waals surface area contributed by atoms with Crippen molar-refractivity contribution in [2.75, 3.05) is 19.0 Å². The Hall–Kier alpha value is -5.07. The van der Waals surface area contributed by atoms with E-state index >= 15 is 0 Å². The summed E-state index contributed by atoms with van der Waals surface area (Å²) in [6.45, 7) is -0.820. The van der Waals surface area contributed by atoms with Gasteiger partial charge in [-0.25, -0.2) is 19.6 Å². The number of carboxylic acids is 1. The lowest BCUT2D eigenvalue weighted by atomic mass is 10.2. The molecule has 35 heavy (non-hydrogen) atoms. The molecule has 3 rings (SSSR count). The molecule has 2 aromatic heterocycles. The summed E-state index contributed by atoms with van der Waals surface area (Å²) in [4.78, 5) is 53.9. The van der Waals surface area contributed by atoms with Crippen LogP contribution in [0.2, 0.25) is 0 Å². The van der Waals surface area contributed by atoms with Gasteiger partial charge in [0.25, 0.3) is 11.8 Å². The second kappa shape index (κ2) is 11.2. The number of hydrogen-bond donors (Lipinski definition) is 2. The minimum atomic E-state index is -1.32. The standard InChI is InChI=1S/C22H18N4O9/c1-33-22(30)16-8-7-15(20(25-16)35-12-18(27)28)23-19(29)14-9-10-17(26(31)32)21(24-14)34-11-13-5-3-2-4-6-13/h2-10H,11-12H2,1H3,(H,23,29)(H,27,28). The van der Waals surface area contributed by atoms with E-state index in [0.717, 1.165) is 24.8 Å². The zero-order valence-corrected chi connectivity index (χ0v) is 18.2. The van der Waals surface area contributed by atoms with Crippen molar-refractivity contribution in [1.29, 1.82) is 0 Å². The molecule has 2 N–H and O–H groups in total. The van der Waals surface area contributed by atoms with Crippen molar-refractivity contribution in [3.05, 3.63) is 81.7 Å². The fourth-order valence-electron chi connectivity index (χ4n) is 2.71. The summed E-state index contributed by atoms with van der Waals surface area (Å²) in [6, 6.07) is 13.5. The van der Waals surface area contributed by atoms with Gasteiger partial charge in [0.05, 0.1) is 12.0 Å². The minimum absolute atomic E-state index is 0.0220. The summed E-state index contributed by atoms with van der Waals surface area (Å²) in [5, 5.41) is 22.7. The summed E-state index contributed by atoms with van der Waals surface area (Å²) >= 11 is 0. The molecule has 0 radical (unpaired) electrons. The van der Waals surface area contributed by atoms with Crippen molar-refractivity contribution in [3.8, 4) is 11.8 Å². The topological polar surface area (TPSA) is 180 Å². The molecule has 0 aliphatic carbocycles. The zero-order valence-electron chi connectivity index (χ0n) is 18.2. The predicted molar refractivity (Wildman–Crippen MR) is 118 cm³/mol. The molecular weight excluding hydrogens is 464 g/mol. The Kier molecular flexibility index (Phi) is 7.85. The third kappa shape index (κ3) is 6.47. The number of nitro groups is 1. The molecule has 0 fully saturated rings. The van der Waals surface area contributed by atoms with Crippen LogP contribution in [0.25, 0.3) is 0 Å². The van der Waals surface area contributed by atoms with Gasteiger partial charge < -0.3 is 24.6 Å². The maximum atomic E-state index is 12.8. The molecule has 0 saturated heterocycles. The first-order valence-corrected chi connectivity index (χ1v) is 9.86. The van der Waals surface area contributed by atoms with Gasteiger partial charge in [0.15, 0.2) is 12.3 Å². The second-order valence-electron chi connectivity index (χ2n) is 6.73. The molecule has 0 bridgehead atoms. The number of carbonyl (C=O) groups is 3. The first-order chi connectivity index (χ1) is 16.8. The van der Waals surface area contributed by atoms with Crippen molar-refractivity contribution in [3.63, 3.8) is 0 Å². The summed E-state index contributed by atoms with van der Waals surface area (Å²) in [7, 11) is 1.13. The molecule has 1 amide bonds. The van der Waals surface area contributed by atoms with E-state index in [1.54, 1.807) is 30.3 Å². The number of anilines is 1. The lowest BCUT2D eigenvalue weighted by molar-refractivity contribution is -0.386. The van der Waals surface area contributed by atoms with E-state index in [2.05, 4.69) is 20.0 Å². The summed E-state index contributed by atoms with van der Waals surface area (Å²) in [5.41, 5.74) is -0.200. The molecule has 180 valence electrons. The number of methoxy groups -OCH3 is 1. The van der Waals surface area contributed by atoms with Crippen LogP contribution in [-0.4, -0.2) is 51.6 Å². The molecule has 2 heterocycles. The van der Waals surface area contributed by atoms with Gasteiger partial charge in [0, 0.05) is 6.07 Å². The fourth-order valence-corrected chi connectivity index (χ4v) is 2.71. The molecule has 0 unspecified atom stereocenters. The van der Waals surface area contributed by atoms with Crippen LogP contribution in [0.4, 0.5) is 11.4 Å². The lowest BCUT2D eigenvalue weighted by Gasteiger charge is -2.12. The number of pyridine rings is 2. The maximum absolute atomic E-state index is 12.8. The molecule has 0 aliphatic rings. The Bertz CT molecular complexity index is 1270. The Morgan fingerprint density at radius 2 is 1.66 bits per heavy atom. The average Bonchev–Trinajstić information content (AvgIpc) is 2.86. The van der Waals surface area contributed by atoms with E-state index < -0.39 is 35.1 Å². The molecule has 0 saturated carbocycles. The van der Waals surface area contributed by atoms with E-state index in [9.17, 15) is 24.5 Å². The molecule has 13 nitrogen and oxygen atoms in total. The fraction of sp³-hybridized carbons (Fsp3) is 0.136. The Morgan fingerprint density at radius 3 is 2.31 bits per heavy atom. The molecule has 3 aromatic rings. The third-order valence-corrected chi connectivity index (χ3v) is 4.32. The number of nitrogens with zero attached hydrogens (tertiary/aromatic N) is 3.